The molecule has 0 fully saturated rings. The predicted molar refractivity (Wildman–Crippen MR) is 108 cm³/mol. The lowest BCUT2D eigenvalue weighted by Gasteiger charge is -2.30. The Labute approximate surface area is 164 Å². The van der Waals surface area contributed by atoms with Gasteiger partial charge in [-0.05, 0) is 48.7 Å². The van der Waals surface area contributed by atoms with Crippen molar-refractivity contribution in [1.29, 1.82) is 0 Å². The summed E-state index contributed by atoms with van der Waals surface area (Å²) in [6, 6.07) is 15.3. The smallest absolute Gasteiger partial charge is 0.334 e. The van der Waals surface area contributed by atoms with E-state index >= 15 is 0 Å². The van der Waals surface area contributed by atoms with Crippen molar-refractivity contribution in [3.05, 3.63) is 75.0 Å². The van der Waals surface area contributed by atoms with Crippen LogP contribution in [-0.2, 0) is 6.42 Å². The van der Waals surface area contributed by atoms with E-state index in [1.165, 1.54) is 11.9 Å². The maximum Gasteiger partial charge on any atom is 0.354 e. The van der Waals surface area contributed by atoms with Crippen molar-refractivity contribution in [3.8, 4) is 0 Å². The highest BCUT2D eigenvalue weighted by molar-refractivity contribution is 9.10. The summed E-state index contributed by atoms with van der Waals surface area (Å²) in [6.45, 7) is 0.673. The molecule has 0 bridgehead atoms. The molecule has 1 aliphatic rings. The number of nitrogens with zero attached hydrogens (tertiary/aromatic N) is 4. The highest BCUT2D eigenvalue weighted by atomic mass is 79.9. The van der Waals surface area contributed by atoms with Gasteiger partial charge >= 0.3 is 5.69 Å². The van der Waals surface area contributed by atoms with E-state index < -0.39 is 4.92 Å². The van der Waals surface area contributed by atoms with Crippen molar-refractivity contribution in [1.82, 2.24) is 9.97 Å². The van der Waals surface area contributed by atoms with Gasteiger partial charge in [0, 0.05) is 22.4 Å². The lowest BCUT2D eigenvalue weighted by atomic mass is 10.0. The maximum absolute atomic E-state index is 11.9. The van der Waals surface area contributed by atoms with E-state index in [0.29, 0.717) is 18.1 Å². The second kappa shape index (κ2) is 7.32. The summed E-state index contributed by atoms with van der Waals surface area (Å²) >= 11 is 3.38. The van der Waals surface area contributed by atoms with E-state index in [1.807, 2.05) is 47.4 Å². The van der Waals surface area contributed by atoms with E-state index in [0.717, 1.165) is 23.0 Å². The van der Waals surface area contributed by atoms with E-state index in [1.54, 1.807) is 0 Å². The van der Waals surface area contributed by atoms with Gasteiger partial charge in [0.2, 0.25) is 11.6 Å². The van der Waals surface area contributed by atoms with Crippen LogP contribution in [0.1, 0.15) is 12.0 Å². The molecule has 0 amide bonds. The number of hydrogen-bond donors (Lipinski definition) is 1. The number of anilines is 4. The monoisotopic (exact) mass is 425 g/mol. The van der Waals surface area contributed by atoms with Crippen LogP contribution in [0.3, 0.4) is 0 Å². The Kier molecular flexibility index (Phi) is 4.72. The molecule has 1 aliphatic heterocycles. The largest absolute Gasteiger partial charge is 0.354 e. The lowest BCUT2D eigenvalue weighted by molar-refractivity contribution is -0.383. The molecular formula is C19H16BrN5O2. The molecule has 27 heavy (non-hydrogen) atoms. The van der Waals surface area contributed by atoms with Crippen LogP contribution in [0.2, 0.25) is 0 Å². The third kappa shape index (κ3) is 3.48. The molecule has 0 unspecified atom stereocenters. The summed E-state index contributed by atoms with van der Waals surface area (Å²) in [5.74, 6) is 0.483. The van der Waals surface area contributed by atoms with Crippen LogP contribution in [0.25, 0.3) is 0 Å². The van der Waals surface area contributed by atoms with Gasteiger partial charge in [0.25, 0.3) is 0 Å². The average Bonchev–Trinajstić information content (AvgIpc) is 2.69. The van der Waals surface area contributed by atoms with E-state index in [-0.39, 0.29) is 11.5 Å². The van der Waals surface area contributed by atoms with Gasteiger partial charge in [0.05, 0.1) is 4.92 Å². The molecular weight excluding hydrogens is 410 g/mol. The standard InChI is InChI=1S/C19H16BrN5O2/c20-14-7-9-15(10-8-14)23-18-17(25(26)27)19(22-12-21-18)24-11-3-5-13-4-1-2-6-16(13)24/h1-2,4,6-10,12H,3,5,11H2,(H,21,22,23). The number of hydrogen-bond acceptors (Lipinski definition) is 6. The Bertz CT molecular complexity index is 994. The minimum Gasteiger partial charge on any atom is -0.334 e. The van der Waals surface area contributed by atoms with Gasteiger partial charge < -0.3 is 10.2 Å². The minimum absolute atomic E-state index is 0.128. The number of aromatic nitrogens is 2. The molecule has 2 heterocycles. The summed E-state index contributed by atoms with van der Waals surface area (Å²) in [7, 11) is 0. The summed E-state index contributed by atoms with van der Waals surface area (Å²) in [6.07, 6.45) is 3.23. The van der Waals surface area contributed by atoms with Crippen LogP contribution in [0.4, 0.5) is 28.7 Å². The van der Waals surface area contributed by atoms with E-state index in [4.69, 9.17) is 0 Å². The zero-order chi connectivity index (χ0) is 18.8. The molecule has 1 N–H and O–H groups in total. The Morgan fingerprint density at radius 3 is 2.67 bits per heavy atom. The number of halogens is 1. The molecule has 4 rings (SSSR count). The quantitative estimate of drug-likeness (QED) is 0.468. The fourth-order valence-electron chi connectivity index (χ4n) is 3.25. The van der Waals surface area contributed by atoms with Crippen molar-refractivity contribution in [2.45, 2.75) is 12.8 Å². The van der Waals surface area contributed by atoms with Gasteiger partial charge in [-0.25, -0.2) is 9.97 Å². The zero-order valence-corrected chi connectivity index (χ0v) is 15.9. The number of rotatable bonds is 4. The molecule has 0 spiro atoms. The van der Waals surface area contributed by atoms with Crippen molar-refractivity contribution < 1.29 is 4.92 Å². The van der Waals surface area contributed by atoms with Crippen molar-refractivity contribution in [2.75, 3.05) is 16.8 Å². The molecule has 0 aliphatic carbocycles. The first kappa shape index (κ1) is 17.4. The highest BCUT2D eigenvalue weighted by Crippen LogP contribution is 2.40. The van der Waals surface area contributed by atoms with Crippen LogP contribution in [0.5, 0.6) is 0 Å². The van der Waals surface area contributed by atoms with Crippen molar-refractivity contribution in [3.63, 3.8) is 0 Å². The molecule has 136 valence electrons. The number of para-hydroxylation sites is 1. The maximum atomic E-state index is 11.9. The molecule has 7 nitrogen and oxygen atoms in total. The predicted octanol–water partition coefficient (Wildman–Crippen LogP) is 4.98. The second-order valence-electron chi connectivity index (χ2n) is 6.17. The van der Waals surface area contributed by atoms with Crippen LogP contribution in [0.15, 0.2) is 59.3 Å². The molecule has 0 saturated heterocycles. The first-order chi connectivity index (χ1) is 13.1. The molecule has 0 saturated carbocycles. The van der Waals surface area contributed by atoms with E-state index in [2.05, 4.69) is 37.3 Å². The topological polar surface area (TPSA) is 84.2 Å². The summed E-state index contributed by atoms with van der Waals surface area (Å²) in [5.41, 5.74) is 2.71. The van der Waals surface area contributed by atoms with Crippen molar-refractivity contribution >= 4 is 44.6 Å². The number of benzene rings is 2. The Morgan fingerprint density at radius 2 is 1.89 bits per heavy atom. The van der Waals surface area contributed by atoms with Crippen LogP contribution in [0, 0.1) is 10.1 Å². The Balaban J connectivity index is 1.78. The Morgan fingerprint density at radius 1 is 1.11 bits per heavy atom. The van der Waals surface area contributed by atoms with Gasteiger partial charge in [-0.2, -0.15) is 0 Å². The summed E-state index contributed by atoms with van der Waals surface area (Å²) in [5, 5.41) is 14.9. The molecule has 2 aromatic carbocycles. The zero-order valence-electron chi connectivity index (χ0n) is 14.3. The number of aryl methyl sites for hydroxylation is 1. The molecule has 0 radical (unpaired) electrons. The normalized spacial score (nSPS) is 13.1. The SMILES string of the molecule is O=[N+]([O-])c1c(Nc2ccc(Br)cc2)ncnc1N1CCCc2ccccc21. The van der Waals surface area contributed by atoms with Gasteiger partial charge in [0.1, 0.15) is 6.33 Å². The third-order valence-corrected chi connectivity index (χ3v) is 4.99. The molecule has 0 atom stereocenters. The Hall–Kier alpha value is -3.00. The number of nitro groups is 1. The number of nitrogens with one attached hydrogen (secondary N) is 1. The fourth-order valence-corrected chi connectivity index (χ4v) is 3.51. The van der Waals surface area contributed by atoms with Gasteiger partial charge in [-0.15, -0.1) is 0 Å². The summed E-state index contributed by atoms with van der Waals surface area (Å²) < 4.78 is 0.927. The third-order valence-electron chi connectivity index (χ3n) is 4.46. The van der Waals surface area contributed by atoms with E-state index in [9.17, 15) is 10.1 Å². The minimum atomic E-state index is -0.423. The van der Waals surface area contributed by atoms with Gasteiger partial charge in [-0.1, -0.05) is 34.1 Å². The first-order valence-corrected chi connectivity index (χ1v) is 9.30. The molecule has 8 heteroatoms. The highest BCUT2D eigenvalue weighted by Gasteiger charge is 2.30. The van der Waals surface area contributed by atoms with Gasteiger partial charge in [-0.3, -0.25) is 10.1 Å². The molecule has 3 aromatic rings. The first-order valence-electron chi connectivity index (χ1n) is 8.51. The molecule has 1 aromatic heterocycles. The van der Waals surface area contributed by atoms with Crippen LogP contribution in [-0.4, -0.2) is 21.4 Å². The lowest BCUT2D eigenvalue weighted by Crippen LogP contribution is -2.26. The van der Waals surface area contributed by atoms with Crippen LogP contribution >= 0.6 is 15.9 Å². The van der Waals surface area contributed by atoms with Gasteiger partial charge in [0.15, 0.2) is 0 Å². The summed E-state index contributed by atoms with van der Waals surface area (Å²) in [4.78, 5) is 21.8. The van der Waals surface area contributed by atoms with Crippen LogP contribution < -0.4 is 10.2 Å². The second-order valence-corrected chi connectivity index (χ2v) is 7.08. The fraction of sp³-hybridized carbons (Fsp3) is 0.158. The van der Waals surface area contributed by atoms with Crippen molar-refractivity contribution in [2.24, 2.45) is 0 Å². The average molecular weight is 426 g/mol. The number of fused-ring (bicyclic) bond motifs is 1.